The molecule has 1 aromatic carbocycles. The van der Waals surface area contributed by atoms with Gasteiger partial charge in [-0.2, -0.15) is 0 Å². The molecule has 0 fully saturated rings. The third-order valence-electron chi connectivity index (χ3n) is 4.01. The van der Waals surface area contributed by atoms with Crippen molar-refractivity contribution in [1.29, 1.82) is 0 Å². The maximum Gasteiger partial charge on any atom is 0.0237 e. The van der Waals surface area contributed by atoms with Gasteiger partial charge in [0.15, 0.2) is 0 Å². The SMILES string of the molecule is C=CCN(CCCCCCCCCC)Cc1cccc(Br)c1. The third-order valence-corrected chi connectivity index (χ3v) is 4.50. The number of hydrogen-bond donors (Lipinski definition) is 0. The van der Waals surface area contributed by atoms with E-state index in [4.69, 9.17) is 0 Å². The summed E-state index contributed by atoms with van der Waals surface area (Å²) in [5, 5.41) is 0. The van der Waals surface area contributed by atoms with Gasteiger partial charge in [0.05, 0.1) is 0 Å². The topological polar surface area (TPSA) is 3.24 Å². The predicted molar refractivity (Wildman–Crippen MR) is 102 cm³/mol. The molecular formula is C20H32BrN. The van der Waals surface area contributed by atoms with Gasteiger partial charge in [-0.25, -0.2) is 0 Å². The van der Waals surface area contributed by atoms with Crippen LogP contribution in [0.1, 0.15) is 63.9 Å². The Balaban J connectivity index is 2.19. The molecule has 0 aliphatic carbocycles. The first-order valence-corrected chi connectivity index (χ1v) is 9.63. The Morgan fingerprint density at radius 3 is 2.36 bits per heavy atom. The van der Waals surface area contributed by atoms with Crippen LogP contribution in [0.3, 0.4) is 0 Å². The maximum atomic E-state index is 3.89. The molecule has 0 unspecified atom stereocenters. The Morgan fingerprint density at radius 2 is 1.73 bits per heavy atom. The van der Waals surface area contributed by atoms with Crippen molar-refractivity contribution in [2.24, 2.45) is 0 Å². The lowest BCUT2D eigenvalue weighted by molar-refractivity contribution is 0.286. The fourth-order valence-corrected chi connectivity index (χ4v) is 3.23. The highest BCUT2D eigenvalue weighted by atomic mass is 79.9. The molecule has 0 aromatic heterocycles. The van der Waals surface area contributed by atoms with Crippen LogP contribution in [-0.2, 0) is 6.54 Å². The Hall–Kier alpha value is -0.600. The fraction of sp³-hybridized carbons (Fsp3) is 0.600. The lowest BCUT2D eigenvalue weighted by Crippen LogP contribution is -2.24. The number of benzene rings is 1. The summed E-state index contributed by atoms with van der Waals surface area (Å²) < 4.78 is 1.16. The molecule has 0 aliphatic rings. The average Bonchev–Trinajstić information content (AvgIpc) is 2.50. The van der Waals surface area contributed by atoms with E-state index in [9.17, 15) is 0 Å². The minimum atomic E-state index is 0.975. The van der Waals surface area contributed by atoms with E-state index in [1.165, 1.54) is 63.5 Å². The van der Waals surface area contributed by atoms with Crippen molar-refractivity contribution in [3.8, 4) is 0 Å². The van der Waals surface area contributed by atoms with Crippen molar-refractivity contribution < 1.29 is 0 Å². The molecule has 0 saturated carbocycles. The molecule has 0 radical (unpaired) electrons. The van der Waals surface area contributed by atoms with Gasteiger partial charge in [-0.3, -0.25) is 4.90 Å². The van der Waals surface area contributed by atoms with Crippen molar-refractivity contribution >= 4 is 15.9 Å². The van der Waals surface area contributed by atoms with Crippen LogP contribution in [0.5, 0.6) is 0 Å². The van der Waals surface area contributed by atoms with Crippen molar-refractivity contribution in [3.05, 3.63) is 47.0 Å². The quantitative estimate of drug-likeness (QED) is 0.282. The summed E-state index contributed by atoms with van der Waals surface area (Å²) in [6.45, 7) is 9.34. The van der Waals surface area contributed by atoms with E-state index in [0.29, 0.717) is 0 Å². The molecule has 0 bridgehead atoms. The highest BCUT2D eigenvalue weighted by Crippen LogP contribution is 2.14. The normalized spacial score (nSPS) is 11.0. The van der Waals surface area contributed by atoms with E-state index in [1.807, 2.05) is 6.08 Å². The van der Waals surface area contributed by atoms with Gasteiger partial charge in [-0.15, -0.1) is 6.58 Å². The van der Waals surface area contributed by atoms with Crippen LogP contribution in [-0.4, -0.2) is 18.0 Å². The summed E-state index contributed by atoms with van der Waals surface area (Å²) in [4.78, 5) is 2.49. The van der Waals surface area contributed by atoms with Gasteiger partial charge in [0, 0.05) is 17.6 Å². The van der Waals surface area contributed by atoms with E-state index < -0.39 is 0 Å². The summed E-state index contributed by atoms with van der Waals surface area (Å²) >= 11 is 3.55. The summed E-state index contributed by atoms with van der Waals surface area (Å²) in [6, 6.07) is 8.61. The van der Waals surface area contributed by atoms with Crippen LogP contribution in [0.2, 0.25) is 0 Å². The molecule has 0 spiro atoms. The highest BCUT2D eigenvalue weighted by molar-refractivity contribution is 9.10. The van der Waals surface area contributed by atoms with E-state index in [-0.39, 0.29) is 0 Å². The lowest BCUT2D eigenvalue weighted by atomic mass is 10.1. The zero-order valence-electron chi connectivity index (χ0n) is 14.2. The zero-order chi connectivity index (χ0) is 16.0. The second-order valence-electron chi connectivity index (χ2n) is 6.13. The fourth-order valence-electron chi connectivity index (χ4n) is 2.78. The summed E-state index contributed by atoms with van der Waals surface area (Å²) in [7, 11) is 0. The number of nitrogens with zero attached hydrogens (tertiary/aromatic N) is 1. The van der Waals surface area contributed by atoms with Crippen molar-refractivity contribution in [2.75, 3.05) is 13.1 Å². The summed E-state index contributed by atoms with van der Waals surface area (Å²) in [6.07, 6.45) is 13.1. The largest absolute Gasteiger partial charge is 0.295 e. The maximum absolute atomic E-state index is 3.89. The molecule has 0 atom stereocenters. The number of hydrogen-bond acceptors (Lipinski definition) is 1. The van der Waals surface area contributed by atoms with Gasteiger partial charge >= 0.3 is 0 Å². The van der Waals surface area contributed by atoms with Gasteiger partial charge < -0.3 is 0 Å². The first-order valence-electron chi connectivity index (χ1n) is 8.84. The minimum Gasteiger partial charge on any atom is -0.295 e. The molecule has 1 aromatic rings. The van der Waals surface area contributed by atoms with Crippen LogP contribution in [0.4, 0.5) is 0 Å². The minimum absolute atomic E-state index is 0.975. The van der Waals surface area contributed by atoms with Crippen molar-refractivity contribution in [1.82, 2.24) is 4.90 Å². The Morgan fingerprint density at radius 1 is 1.05 bits per heavy atom. The van der Waals surface area contributed by atoms with E-state index in [2.05, 4.69) is 58.6 Å². The van der Waals surface area contributed by atoms with Crippen LogP contribution in [0, 0.1) is 0 Å². The Bertz CT molecular complexity index is 402. The Labute approximate surface area is 145 Å². The molecule has 22 heavy (non-hydrogen) atoms. The summed E-state index contributed by atoms with van der Waals surface area (Å²) in [5.41, 5.74) is 1.37. The van der Waals surface area contributed by atoms with Gasteiger partial charge in [0.2, 0.25) is 0 Å². The third kappa shape index (κ3) is 9.42. The smallest absolute Gasteiger partial charge is 0.0237 e. The van der Waals surface area contributed by atoms with E-state index >= 15 is 0 Å². The molecule has 1 nitrogen and oxygen atoms in total. The molecule has 0 heterocycles. The summed E-state index contributed by atoms with van der Waals surface area (Å²) in [5.74, 6) is 0. The molecule has 0 amide bonds. The molecule has 0 saturated heterocycles. The standard InChI is InChI=1S/C20H32BrN/c1-3-5-6-7-8-9-10-11-16-22(15-4-2)18-19-13-12-14-20(21)17-19/h4,12-14,17H,2-3,5-11,15-16,18H2,1H3. The van der Waals surface area contributed by atoms with Crippen LogP contribution < -0.4 is 0 Å². The second-order valence-corrected chi connectivity index (χ2v) is 7.04. The second kappa shape index (κ2) is 12.9. The molecular weight excluding hydrogens is 334 g/mol. The lowest BCUT2D eigenvalue weighted by Gasteiger charge is -2.20. The predicted octanol–water partition coefficient (Wildman–Crippen LogP) is 6.58. The Kier molecular flexibility index (Phi) is 11.4. The molecule has 2 heteroatoms. The van der Waals surface area contributed by atoms with Gasteiger partial charge in [0.25, 0.3) is 0 Å². The molecule has 124 valence electrons. The van der Waals surface area contributed by atoms with Crippen molar-refractivity contribution in [2.45, 2.75) is 64.8 Å². The number of unbranched alkanes of at least 4 members (excludes halogenated alkanes) is 7. The first kappa shape index (κ1) is 19.4. The molecule has 0 aliphatic heterocycles. The van der Waals surface area contributed by atoms with Gasteiger partial charge in [-0.1, -0.05) is 86.0 Å². The molecule has 1 rings (SSSR count). The van der Waals surface area contributed by atoms with Crippen LogP contribution in [0.15, 0.2) is 41.4 Å². The van der Waals surface area contributed by atoms with Crippen molar-refractivity contribution in [3.63, 3.8) is 0 Å². The van der Waals surface area contributed by atoms with Crippen LogP contribution in [0.25, 0.3) is 0 Å². The highest BCUT2D eigenvalue weighted by Gasteiger charge is 2.04. The van der Waals surface area contributed by atoms with Gasteiger partial charge in [0.1, 0.15) is 0 Å². The molecule has 0 N–H and O–H groups in total. The average molecular weight is 366 g/mol. The first-order chi connectivity index (χ1) is 10.8. The van der Waals surface area contributed by atoms with E-state index in [0.717, 1.165) is 17.6 Å². The number of halogens is 1. The zero-order valence-corrected chi connectivity index (χ0v) is 15.8. The van der Waals surface area contributed by atoms with E-state index in [1.54, 1.807) is 0 Å². The van der Waals surface area contributed by atoms with Gasteiger partial charge in [-0.05, 0) is 30.7 Å². The van der Waals surface area contributed by atoms with Crippen LogP contribution >= 0.6 is 15.9 Å². The monoisotopic (exact) mass is 365 g/mol. The number of rotatable bonds is 13.